The van der Waals surface area contributed by atoms with Crippen LogP contribution < -0.4 is 14.8 Å². The van der Waals surface area contributed by atoms with Gasteiger partial charge in [-0.05, 0) is 19.1 Å². The van der Waals surface area contributed by atoms with Gasteiger partial charge in [-0.1, -0.05) is 0 Å². The Labute approximate surface area is 156 Å². The van der Waals surface area contributed by atoms with Crippen LogP contribution in [0.1, 0.15) is 12.7 Å². The van der Waals surface area contributed by atoms with Crippen molar-refractivity contribution >= 4 is 22.8 Å². The summed E-state index contributed by atoms with van der Waals surface area (Å²) in [4.78, 5) is 12.9. The molecule has 3 rings (SSSR count). The van der Waals surface area contributed by atoms with Crippen LogP contribution >= 0.6 is 0 Å². The highest BCUT2D eigenvalue weighted by molar-refractivity contribution is 5.73. The van der Waals surface area contributed by atoms with E-state index in [-0.39, 0.29) is 29.6 Å². The number of hydrogen-bond donors (Lipinski definition) is 2. The fourth-order valence-electron chi connectivity index (χ4n) is 2.19. The maximum atomic E-state index is 14.1. The number of fused-ring (bicyclic) bond motifs is 1. The van der Waals surface area contributed by atoms with Gasteiger partial charge in [0.1, 0.15) is 11.6 Å². The molecule has 0 saturated carbocycles. The average Bonchev–Trinajstić information content (AvgIpc) is 2.99. The molecule has 0 aliphatic heterocycles. The molecular formula is C15H10F7N5O2. The second kappa shape index (κ2) is 7.25. The van der Waals surface area contributed by atoms with Gasteiger partial charge in [0.15, 0.2) is 17.1 Å². The first-order chi connectivity index (χ1) is 13.5. The van der Waals surface area contributed by atoms with Gasteiger partial charge in [-0.25, -0.2) is 14.4 Å². The Morgan fingerprint density at radius 2 is 1.79 bits per heavy atom. The molecule has 2 heterocycles. The molecule has 7 nitrogen and oxygen atoms in total. The van der Waals surface area contributed by atoms with Crippen LogP contribution in [0, 0.1) is 5.82 Å². The molecular weight excluding hydrogens is 415 g/mol. The lowest BCUT2D eigenvalue weighted by molar-refractivity contribution is -0.274. The zero-order valence-corrected chi connectivity index (χ0v) is 14.2. The van der Waals surface area contributed by atoms with Crippen molar-refractivity contribution in [2.75, 3.05) is 11.9 Å². The number of anilines is 2. The third-order valence-corrected chi connectivity index (χ3v) is 3.28. The van der Waals surface area contributed by atoms with Crippen LogP contribution in [-0.2, 0) is 6.18 Å². The van der Waals surface area contributed by atoms with E-state index in [1.165, 1.54) is 0 Å². The maximum Gasteiger partial charge on any atom is 0.573 e. The number of rotatable bonds is 5. The van der Waals surface area contributed by atoms with E-state index < -0.39 is 35.6 Å². The van der Waals surface area contributed by atoms with Gasteiger partial charge in [0.25, 0.3) is 5.88 Å². The Bertz CT molecular complexity index is 1030. The van der Waals surface area contributed by atoms with Crippen LogP contribution in [-0.4, -0.2) is 32.9 Å². The summed E-state index contributed by atoms with van der Waals surface area (Å²) in [6, 6.07) is 2.23. The number of aromatic amines is 1. The van der Waals surface area contributed by atoms with Crippen molar-refractivity contribution in [2.45, 2.75) is 19.5 Å². The average molecular weight is 425 g/mol. The van der Waals surface area contributed by atoms with Crippen LogP contribution in [0.25, 0.3) is 11.3 Å². The minimum absolute atomic E-state index is 0.0516. The minimum Gasteiger partial charge on any atom is -0.475 e. The molecule has 156 valence electrons. The van der Waals surface area contributed by atoms with E-state index in [1.807, 2.05) is 4.98 Å². The SMILES string of the molecule is CCOc1nc2[nH]c(C(F)(F)F)nc2nc1Nc1ccc(OC(F)(F)F)cc1F. The predicted octanol–water partition coefficient (Wildman–Crippen LogP) is 4.55. The topological polar surface area (TPSA) is 85.0 Å². The smallest absolute Gasteiger partial charge is 0.475 e. The van der Waals surface area contributed by atoms with E-state index in [0.717, 1.165) is 12.1 Å². The number of nitrogens with one attached hydrogen (secondary N) is 2. The summed E-state index contributed by atoms with van der Waals surface area (Å²) >= 11 is 0. The number of H-pyrrole nitrogens is 1. The van der Waals surface area contributed by atoms with Crippen LogP contribution in [0.15, 0.2) is 18.2 Å². The highest BCUT2D eigenvalue weighted by Gasteiger charge is 2.35. The summed E-state index contributed by atoms with van der Waals surface area (Å²) in [5, 5.41) is 2.41. The van der Waals surface area contributed by atoms with Gasteiger partial charge in [0.05, 0.1) is 12.3 Å². The van der Waals surface area contributed by atoms with Gasteiger partial charge in [-0.15, -0.1) is 13.2 Å². The number of benzene rings is 1. The zero-order valence-electron chi connectivity index (χ0n) is 14.2. The third-order valence-electron chi connectivity index (χ3n) is 3.28. The minimum atomic E-state index is -5.00. The molecule has 0 aliphatic rings. The number of nitrogens with zero attached hydrogens (tertiary/aromatic N) is 3. The van der Waals surface area contributed by atoms with Crippen molar-refractivity contribution in [1.82, 2.24) is 19.9 Å². The van der Waals surface area contributed by atoms with Crippen LogP contribution in [0.2, 0.25) is 0 Å². The van der Waals surface area contributed by atoms with Crippen molar-refractivity contribution in [3.8, 4) is 11.6 Å². The van der Waals surface area contributed by atoms with Gasteiger partial charge in [-0.2, -0.15) is 18.2 Å². The number of alkyl halides is 6. The first kappa shape index (κ1) is 20.4. The molecule has 2 aromatic heterocycles. The van der Waals surface area contributed by atoms with Gasteiger partial charge >= 0.3 is 12.5 Å². The number of aromatic nitrogens is 4. The lowest BCUT2D eigenvalue weighted by Gasteiger charge is -2.13. The van der Waals surface area contributed by atoms with Crippen molar-refractivity contribution in [1.29, 1.82) is 0 Å². The van der Waals surface area contributed by atoms with Crippen molar-refractivity contribution in [3.63, 3.8) is 0 Å². The lowest BCUT2D eigenvalue weighted by Crippen LogP contribution is -2.17. The van der Waals surface area contributed by atoms with E-state index in [4.69, 9.17) is 4.74 Å². The first-order valence-electron chi connectivity index (χ1n) is 7.76. The quantitative estimate of drug-likeness (QED) is 0.584. The molecule has 3 aromatic rings. The number of halogens is 7. The summed E-state index contributed by atoms with van der Waals surface area (Å²) in [5.74, 6) is -3.84. The molecule has 0 atom stereocenters. The molecule has 0 unspecified atom stereocenters. The summed E-state index contributed by atoms with van der Waals surface area (Å²) in [6.07, 6.45) is -9.78. The Morgan fingerprint density at radius 3 is 2.38 bits per heavy atom. The second-order valence-corrected chi connectivity index (χ2v) is 5.38. The fraction of sp³-hybridized carbons (Fsp3) is 0.267. The van der Waals surface area contributed by atoms with Crippen LogP contribution in [0.3, 0.4) is 0 Å². The Kier molecular flexibility index (Phi) is 5.11. The molecule has 14 heteroatoms. The van der Waals surface area contributed by atoms with Gasteiger partial charge in [0, 0.05) is 6.07 Å². The Hall–Kier alpha value is -3.32. The molecule has 0 spiro atoms. The molecule has 1 aromatic carbocycles. The third kappa shape index (κ3) is 4.75. The molecule has 0 amide bonds. The summed E-state index contributed by atoms with van der Waals surface area (Å²) in [6.45, 7) is 1.61. The van der Waals surface area contributed by atoms with Crippen LogP contribution in [0.4, 0.5) is 42.2 Å². The van der Waals surface area contributed by atoms with Gasteiger partial charge < -0.3 is 19.8 Å². The maximum absolute atomic E-state index is 14.1. The first-order valence-corrected chi connectivity index (χ1v) is 7.76. The zero-order chi connectivity index (χ0) is 21.4. The van der Waals surface area contributed by atoms with Crippen LogP contribution in [0.5, 0.6) is 11.6 Å². The summed E-state index contributed by atoms with van der Waals surface area (Å²) in [5.41, 5.74) is -1.10. The Morgan fingerprint density at radius 1 is 1.07 bits per heavy atom. The molecule has 2 N–H and O–H groups in total. The summed E-state index contributed by atoms with van der Waals surface area (Å²) < 4.78 is 97.9. The fourth-order valence-corrected chi connectivity index (χ4v) is 2.19. The van der Waals surface area contributed by atoms with Crippen molar-refractivity contribution < 1.29 is 40.2 Å². The number of imidazole rings is 1. The van der Waals surface area contributed by atoms with E-state index in [1.54, 1.807) is 6.92 Å². The van der Waals surface area contributed by atoms with Gasteiger partial charge in [0.2, 0.25) is 5.82 Å². The number of hydrogen-bond acceptors (Lipinski definition) is 6. The molecule has 0 bridgehead atoms. The largest absolute Gasteiger partial charge is 0.573 e. The van der Waals surface area contributed by atoms with Crippen molar-refractivity contribution in [3.05, 3.63) is 29.8 Å². The monoisotopic (exact) mass is 425 g/mol. The second-order valence-electron chi connectivity index (χ2n) is 5.38. The normalized spacial score (nSPS) is 12.3. The van der Waals surface area contributed by atoms with E-state index in [0.29, 0.717) is 6.07 Å². The Balaban J connectivity index is 1.97. The molecule has 0 aliphatic carbocycles. The number of ether oxygens (including phenoxy) is 2. The van der Waals surface area contributed by atoms with Gasteiger partial charge in [-0.3, -0.25) is 0 Å². The molecule has 29 heavy (non-hydrogen) atoms. The van der Waals surface area contributed by atoms with Crippen molar-refractivity contribution in [2.24, 2.45) is 0 Å². The molecule has 0 fully saturated rings. The summed E-state index contributed by atoms with van der Waals surface area (Å²) in [7, 11) is 0. The lowest BCUT2D eigenvalue weighted by atomic mass is 10.3. The van der Waals surface area contributed by atoms with E-state index in [9.17, 15) is 30.7 Å². The predicted molar refractivity (Wildman–Crippen MR) is 84.2 cm³/mol. The highest BCUT2D eigenvalue weighted by atomic mass is 19.4. The standard InChI is InChI=1S/C15H10F7N5O2/c1-2-28-12-11(24-9-10(25-12)27-13(26-9)14(17,18)19)23-8-4-3-6(5-7(8)16)29-15(20,21)22/h3-5H,2H2,1H3,(H2,23,24,25,26,27). The highest BCUT2D eigenvalue weighted by Crippen LogP contribution is 2.32. The molecule has 0 saturated heterocycles. The van der Waals surface area contributed by atoms with E-state index in [2.05, 4.69) is 25.0 Å². The molecule has 0 radical (unpaired) electrons. The van der Waals surface area contributed by atoms with E-state index >= 15 is 0 Å².